The van der Waals surface area contributed by atoms with Gasteiger partial charge >= 0.3 is 0 Å². The van der Waals surface area contributed by atoms with E-state index < -0.39 is 0 Å². The standard InChI is InChI=1S/C23H32O2/c1-4-5-7-15-12-19-16(9-11-23(2)10-6-8-20(19)23)18-14-22(25-3)21(24)13-17(15)18/h7,13-14,16,19-20,24H,4-6,8-12H2,1-3H3/t16-,19-,20+,23+/m1/s1. The molecule has 0 amide bonds. The van der Waals surface area contributed by atoms with Crippen molar-refractivity contribution in [3.05, 3.63) is 29.3 Å². The molecule has 3 aliphatic rings. The number of phenolic OH excluding ortho intramolecular Hbond substituents is 1. The molecule has 4 rings (SSSR count). The van der Waals surface area contributed by atoms with Crippen LogP contribution in [0.4, 0.5) is 0 Å². The largest absolute Gasteiger partial charge is 0.504 e. The highest BCUT2D eigenvalue weighted by molar-refractivity contribution is 5.74. The summed E-state index contributed by atoms with van der Waals surface area (Å²) in [5.41, 5.74) is 4.75. The Morgan fingerprint density at radius 2 is 2.12 bits per heavy atom. The molecule has 1 aromatic rings. The van der Waals surface area contributed by atoms with E-state index in [-0.39, 0.29) is 5.75 Å². The van der Waals surface area contributed by atoms with E-state index in [4.69, 9.17) is 4.74 Å². The molecule has 4 atom stereocenters. The molecule has 0 saturated heterocycles. The van der Waals surface area contributed by atoms with E-state index in [0.717, 1.165) is 18.3 Å². The fourth-order valence-corrected chi connectivity index (χ4v) is 6.16. The van der Waals surface area contributed by atoms with Crippen LogP contribution in [-0.4, -0.2) is 12.2 Å². The number of aromatic hydroxyl groups is 1. The van der Waals surface area contributed by atoms with E-state index in [0.29, 0.717) is 17.1 Å². The van der Waals surface area contributed by atoms with Crippen molar-refractivity contribution in [3.63, 3.8) is 0 Å². The monoisotopic (exact) mass is 340 g/mol. The number of hydrogen-bond acceptors (Lipinski definition) is 2. The summed E-state index contributed by atoms with van der Waals surface area (Å²) in [6.45, 7) is 4.78. The Morgan fingerprint density at radius 1 is 1.28 bits per heavy atom. The maximum atomic E-state index is 10.3. The molecule has 3 aliphatic carbocycles. The third kappa shape index (κ3) is 2.69. The molecule has 25 heavy (non-hydrogen) atoms. The number of unbranched alkanes of at least 4 members (excludes halogenated alkanes) is 1. The SMILES string of the molecule is CCCC=C1C[C@@H]2[C@H](CC[C@]3(C)CCC[C@@H]23)c2cc(OC)c(O)cc21. The fourth-order valence-electron chi connectivity index (χ4n) is 6.16. The second-order valence-electron chi connectivity index (χ2n) is 8.80. The van der Waals surface area contributed by atoms with Crippen LogP contribution in [0.2, 0.25) is 0 Å². The molecule has 0 heterocycles. The van der Waals surface area contributed by atoms with Crippen LogP contribution in [0.1, 0.15) is 82.3 Å². The molecular weight excluding hydrogens is 308 g/mol. The van der Waals surface area contributed by atoms with E-state index >= 15 is 0 Å². The lowest BCUT2D eigenvalue weighted by molar-refractivity contribution is 0.0701. The average molecular weight is 341 g/mol. The predicted octanol–water partition coefficient (Wildman–Crippen LogP) is 6.29. The molecule has 0 aromatic heterocycles. The van der Waals surface area contributed by atoms with E-state index in [1.165, 1.54) is 61.6 Å². The minimum atomic E-state index is 0.281. The topological polar surface area (TPSA) is 29.5 Å². The van der Waals surface area contributed by atoms with Crippen molar-refractivity contribution < 1.29 is 9.84 Å². The summed E-state index contributed by atoms with van der Waals surface area (Å²) >= 11 is 0. The average Bonchev–Trinajstić information content (AvgIpc) is 3.01. The number of benzene rings is 1. The summed E-state index contributed by atoms with van der Waals surface area (Å²) in [4.78, 5) is 0. The van der Waals surface area contributed by atoms with Gasteiger partial charge in [0.2, 0.25) is 0 Å². The van der Waals surface area contributed by atoms with E-state index in [1.54, 1.807) is 7.11 Å². The lowest BCUT2D eigenvalue weighted by Crippen LogP contribution is -2.39. The summed E-state index contributed by atoms with van der Waals surface area (Å²) in [5, 5.41) is 10.3. The first-order chi connectivity index (χ1) is 12.1. The van der Waals surface area contributed by atoms with Gasteiger partial charge in [0.1, 0.15) is 0 Å². The molecule has 136 valence electrons. The minimum Gasteiger partial charge on any atom is -0.504 e. The van der Waals surface area contributed by atoms with Gasteiger partial charge in [0.05, 0.1) is 7.11 Å². The second kappa shape index (κ2) is 6.37. The number of methoxy groups -OCH3 is 1. The Morgan fingerprint density at radius 3 is 2.88 bits per heavy atom. The Kier molecular flexibility index (Phi) is 4.33. The van der Waals surface area contributed by atoms with E-state index in [2.05, 4.69) is 26.0 Å². The van der Waals surface area contributed by atoms with Gasteiger partial charge in [-0.2, -0.15) is 0 Å². The molecule has 1 N–H and O–H groups in total. The number of allylic oxidation sites excluding steroid dienone is 2. The van der Waals surface area contributed by atoms with Crippen LogP contribution in [0, 0.1) is 17.3 Å². The molecule has 2 heteroatoms. The lowest BCUT2D eigenvalue weighted by Gasteiger charge is -2.49. The molecule has 2 saturated carbocycles. The molecule has 0 bridgehead atoms. The number of rotatable bonds is 3. The highest BCUT2D eigenvalue weighted by Crippen LogP contribution is 2.62. The van der Waals surface area contributed by atoms with Crippen molar-refractivity contribution >= 4 is 5.57 Å². The summed E-state index contributed by atoms with van der Waals surface area (Å²) in [5.74, 6) is 3.19. The first kappa shape index (κ1) is 17.0. The zero-order valence-corrected chi connectivity index (χ0v) is 16.0. The van der Waals surface area contributed by atoms with Gasteiger partial charge < -0.3 is 9.84 Å². The highest BCUT2D eigenvalue weighted by atomic mass is 16.5. The molecule has 1 aromatic carbocycles. The number of fused-ring (bicyclic) bond motifs is 5. The first-order valence-corrected chi connectivity index (χ1v) is 10.2. The molecule has 2 fully saturated rings. The highest BCUT2D eigenvalue weighted by Gasteiger charge is 2.50. The van der Waals surface area contributed by atoms with Gasteiger partial charge in [-0.05, 0) is 90.5 Å². The van der Waals surface area contributed by atoms with Crippen molar-refractivity contribution in [2.45, 2.75) is 71.1 Å². The predicted molar refractivity (Wildman–Crippen MR) is 103 cm³/mol. The molecule has 0 unspecified atom stereocenters. The van der Waals surface area contributed by atoms with Gasteiger partial charge in [-0.1, -0.05) is 32.8 Å². The molecule has 0 spiro atoms. The van der Waals surface area contributed by atoms with E-state index in [1.807, 2.05) is 6.07 Å². The summed E-state index contributed by atoms with van der Waals surface area (Å²) in [7, 11) is 1.66. The van der Waals surface area contributed by atoms with Crippen molar-refractivity contribution in [2.24, 2.45) is 17.3 Å². The Hall–Kier alpha value is -1.44. The number of phenols is 1. The zero-order chi connectivity index (χ0) is 17.6. The maximum Gasteiger partial charge on any atom is 0.160 e. The smallest absolute Gasteiger partial charge is 0.160 e. The summed E-state index contributed by atoms with van der Waals surface area (Å²) in [6.07, 6.45) is 12.8. The van der Waals surface area contributed by atoms with Crippen molar-refractivity contribution in [1.29, 1.82) is 0 Å². The zero-order valence-electron chi connectivity index (χ0n) is 16.0. The van der Waals surface area contributed by atoms with Gasteiger partial charge in [0.25, 0.3) is 0 Å². The second-order valence-corrected chi connectivity index (χ2v) is 8.80. The van der Waals surface area contributed by atoms with Crippen molar-refractivity contribution in [1.82, 2.24) is 0 Å². The number of hydrogen-bond donors (Lipinski definition) is 1. The maximum absolute atomic E-state index is 10.3. The Labute approximate surface area is 152 Å². The van der Waals surface area contributed by atoms with Crippen LogP contribution in [-0.2, 0) is 0 Å². The Balaban J connectivity index is 1.81. The van der Waals surface area contributed by atoms with Crippen molar-refractivity contribution in [3.8, 4) is 11.5 Å². The normalized spacial score (nSPS) is 35.2. The van der Waals surface area contributed by atoms with Gasteiger partial charge in [-0.25, -0.2) is 0 Å². The van der Waals surface area contributed by atoms with Crippen LogP contribution >= 0.6 is 0 Å². The van der Waals surface area contributed by atoms with Gasteiger partial charge in [0.15, 0.2) is 11.5 Å². The third-order valence-electron chi connectivity index (χ3n) is 7.45. The van der Waals surface area contributed by atoms with Crippen molar-refractivity contribution in [2.75, 3.05) is 7.11 Å². The first-order valence-electron chi connectivity index (χ1n) is 10.2. The molecule has 0 aliphatic heterocycles. The van der Waals surface area contributed by atoms with Gasteiger partial charge in [-0.15, -0.1) is 0 Å². The van der Waals surface area contributed by atoms with Gasteiger partial charge in [0, 0.05) is 0 Å². The van der Waals surface area contributed by atoms with Crippen LogP contribution < -0.4 is 4.74 Å². The van der Waals surface area contributed by atoms with Crippen LogP contribution in [0.25, 0.3) is 5.57 Å². The summed E-state index contributed by atoms with van der Waals surface area (Å²) in [6, 6.07) is 4.10. The van der Waals surface area contributed by atoms with Crippen LogP contribution in [0.5, 0.6) is 11.5 Å². The minimum absolute atomic E-state index is 0.281. The van der Waals surface area contributed by atoms with Gasteiger partial charge in [-0.3, -0.25) is 0 Å². The van der Waals surface area contributed by atoms with E-state index in [9.17, 15) is 5.11 Å². The van der Waals surface area contributed by atoms with Crippen LogP contribution in [0.3, 0.4) is 0 Å². The quantitative estimate of drug-likeness (QED) is 0.701. The summed E-state index contributed by atoms with van der Waals surface area (Å²) < 4.78 is 5.44. The van der Waals surface area contributed by atoms with Crippen LogP contribution in [0.15, 0.2) is 18.2 Å². The third-order valence-corrected chi connectivity index (χ3v) is 7.45. The number of ether oxygens (including phenoxy) is 1. The molecule has 2 nitrogen and oxygen atoms in total. The Bertz CT molecular complexity index is 690. The lowest BCUT2D eigenvalue weighted by atomic mass is 9.55. The fraction of sp³-hybridized carbons (Fsp3) is 0.652. The molecular formula is C23H32O2. The molecule has 0 radical (unpaired) electrons.